The first-order chi connectivity index (χ1) is 13.1. The molecule has 0 spiro atoms. The summed E-state index contributed by atoms with van der Waals surface area (Å²) >= 11 is 0. The Balaban J connectivity index is 1.35. The molecule has 1 saturated carbocycles. The molecule has 5 rings (SSSR count). The highest BCUT2D eigenvalue weighted by Gasteiger charge is 2.52. The molecular weight excluding hydrogens is 332 g/mol. The average Bonchev–Trinajstić information content (AvgIpc) is 3.01. The Bertz CT molecular complexity index is 856. The first-order valence-electron chi connectivity index (χ1n) is 10.3. The van der Waals surface area contributed by atoms with Crippen molar-refractivity contribution < 1.29 is 9.84 Å². The zero-order chi connectivity index (χ0) is 18.4. The van der Waals surface area contributed by atoms with Gasteiger partial charge in [0.05, 0.1) is 6.10 Å². The Morgan fingerprint density at radius 1 is 1.07 bits per heavy atom. The zero-order valence-electron chi connectivity index (χ0n) is 16.0. The molecule has 0 amide bonds. The average molecular weight is 360 g/mol. The smallest absolute Gasteiger partial charge is 0.120 e. The van der Waals surface area contributed by atoms with Gasteiger partial charge in [0.15, 0.2) is 0 Å². The number of benzene rings is 2. The van der Waals surface area contributed by atoms with E-state index in [1.54, 1.807) is 0 Å². The van der Waals surface area contributed by atoms with Crippen molar-refractivity contribution in [1.82, 2.24) is 0 Å². The molecule has 5 atom stereocenters. The topological polar surface area (TPSA) is 29.5 Å². The van der Waals surface area contributed by atoms with E-state index in [0.29, 0.717) is 24.4 Å². The first-order valence-corrected chi connectivity index (χ1v) is 10.3. The Labute approximate surface area is 161 Å². The number of aliphatic hydroxyl groups is 1. The summed E-state index contributed by atoms with van der Waals surface area (Å²) in [4.78, 5) is 0. The predicted octanol–water partition coefficient (Wildman–Crippen LogP) is 5.26. The minimum atomic E-state index is -0.265. The lowest BCUT2D eigenvalue weighted by molar-refractivity contribution is -0.0101. The molecule has 27 heavy (non-hydrogen) atoms. The fraction of sp³-hybridized carbons (Fsp3) is 0.440. The van der Waals surface area contributed by atoms with Crippen molar-refractivity contribution in [3.05, 3.63) is 77.4 Å². The van der Waals surface area contributed by atoms with Crippen LogP contribution in [0.4, 0.5) is 0 Å². The summed E-state index contributed by atoms with van der Waals surface area (Å²) in [6.07, 6.45) is 8.73. The van der Waals surface area contributed by atoms with E-state index < -0.39 is 0 Å². The third-order valence-corrected chi connectivity index (χ3v) is 7.42. The van der Waals surface area contributed by atoms with E-state index in [1.807, 2.05) is 12.1 Å². The van der Waals surface area contributed by atoms with Gasteiger partial charge in [-0.05, 0) is 72.3 Å². The lowest BCUT2D eigenvalue weighted by Crippen LogP contribution is -2.44. The Morgan fingerprint density at radius 3 is 2.78 bits per heavy atom. The third-order valence-electron chi connectivity index (χ3n) is 7.42. The number of allylic oxidation sites excluding steroid dienone is 1. The highest BCUT2D eigenvalue weighted by atomic mass is 16.5. The van der Waals surface area contributed by atoms with Crippen LogP contribution in [0.1, 0.15) is 48.8 Å². The van der Waals surface area contributed by atoms with E-state index in [2.05, 4.69) is 55.5 Å². The molecule has 3 aliphatic rings. The number of fused-ring (bicyclic) bond motifs is 5. The first kappa shape index (κ1) is 17.1. The van der Waals surface area contributed by atoms with Crippen LogP contribution in [0.15, 0.2) is 60.7 Å². The second-order valence-corrected chi connectivity index (χ2v) is 8.84. The summed E-state index contributed by atoms with van der Waals surface area (Å²) in [5.41, 5.74) is 4.24. The molecule has 0 saturated heterocycles. The molecule has 0 heterocycles. The van der Waals surface area contributed by atoms with Gasteiger partial charge in [0.25, 0.3) is 0 Å². The van der Waals surface area contributed by atoms with E-state index >= 15 is 0 Å². The largest absolute Gasteiger partial charge is 0.489 e. The normalized spacial score (nSPS) is 33.9. The number of aryl methyl sites for hydroxylation is 1. The van der Waals surface area contributed by atoms with Crippen LogP contribution in [0.2, 0.25) is 0 Å². The van der Waals surface area contributed by atoms with Crippen LogP contribution in [0.5, 0.6) is 5.75 Å². The van der Waals surface area contributed by atoms with Crippen molar-refractivity contribution >= 4 is 0 Å². The van der Waals surface area contributed by atoms with Gasteiger partial charge in [0.1, 0.15) is 12.4 Å². The fourth-order valence-electron chi connectivity index (χ4n) is 5.82. The molecule has 140 valence electrons. The van der Waals surface area contributed by atoms with Crippen LogP contribution >= 0.6 is 0 Å². The quantitative estimate of drug-likeness (QED) is 0.757. The van der Waals surface area contributed by atoms with Crippen LogP contribution in [0.25, 0.3) is 0 Å². The van der Waals surface area contributed by atoms with Crippen LogP contribution in [0.3, 0.4) is 0 Å². The molecule has 0 unspecified atom stereocenters. The molecule has 1 fully saturated rings. The van der Waals surface area contributed by atoms with Crippen molar-refractivity contribution in [2.75, 3.05) is 0 Å². The molecule has 0 bridgehead atoms. The fourth-order valence-corrected chi connectivity index (χ4v) is 5.82. The molecule has 0 radical (unpaired) electrons. The van der Waals surface area contributed by atoms with E-state index in [4.69, 9.17) is 4.74 Å². The van der Waals surface area contributed by atoms with Gasteiger partial charge in [0, 0.05) is 5.41 Å². The standard InChI is InChI=1S/C25H28O2/c1-25-14-13-21-20-10-8-19(27-16-17-5-3-2-4-6-17)15-18(20)7-9-22(21)23(25)11-12-24(25)26/h2-6,8,10-12,15,21-24,26H,7,9,13-14,16H2,1H3/t21-,22+,23-,24-,25-/m0/s1. The molecule has 1 N–H and O–H groups in total. The van der Waals surface area contributed by atoms with Crippen LogP contribution < -0.4 is 4.74 Å². The maximum atomic E-state index is 10.5. The molecule has 2 aromatic rings. The number of hydrogen-bond donors (Lipinski definition) is 1. The molecule has 0 aliphatic heterocycles. The van der Waals surface area contributed by atoms with E-state index in [-0.39, 0.29) is 11.5 Å². The summed E-state index contributed by atoms with van der Waals surface area (Å²) in [6, 6.07) is 17.1. The van der Waals surface area contributed by atoms with Crippen LogP contribution in [-0.2, 0) is 13.0 Å². The Hall–Kier alpha value is -2.06. The molecule has 2 aromatic carbocycles. The van der Waals surface area contributed by atoms with Gasteiger partial charge < -0.3 is 9.84 Å². The summed E-state index contributed by atoms with van der Waals surface area (Å²) in [7, 11) is 0. The van der Waals surface area contributed by atoms with Gasteiger partial charge in [-0.15, -0.1) is 0 Å². The second-order valence-electron chi connectivity index (χ2n) is 8.84. The summed E-state index contributed by atoms with van der Waals surface area (Å²) in [6.45, 7) is 2.91. The molecule has 3 aliphatic carbocycles. The second kappa shape index (κ2) is 6.53. The monoisotopic (exact) mass is 360 g/mol. The van der Waals surface area contributed by atoms with E-state index in [1.165, 1.54) is 29.5 Å². The lowest BCUT2D eigenvalue weighted by Gasteiger charge is -2.50. The molecule has 0 aromatic heterocycles. The number of hydrogen-bond acceptors (Lipinski definition) is 2. The minimum absolute atomic E-state index is 0.0530. The SMILES string of the molecule is C[C@]12CC[C@H]3c4ccc(OCc5ccccc5)cc4CC[C@H]3[C@@H]1C=C[C@@H]2O. The maximum Gasteiger partial charge on any atom is 0.120 e. The summed E-state index contributed by atoms with van der Waals surface area (Å²) < 4.78 is 6.05. The van der Waals surface area contributed by atoms with Gasteiger partial charge >= 0.3 is 0 Å². The van der Waals surface area contributed by atoms with Gasteiger partial charge in [-0.3, -0.25) is 0 Å². The summed E-state index contributed by atoms with van der Waals surface area (Å²) in [5, 5.41) is 10.5. The van der Waals surface area contributed by atoms with Crippen molar-refractivity contribution in [1.29, 1.82) is 0 Å². The highest BCUT2D eigenvalue weighted by molar-refractivity contribution is 5.41. The predicted molar refractivity (Wildman–Crippen MR) is 108 cm³/mol. The Kier molecular flexibility index (Phi) is 4.12. The van der Waals surface area contributed by atoms with Crippen LogP contribution in [-0.4, -0.2) is 11.2 Å². The van der Waals surface area contributed by atoms with Gasteiger partial charge in [-0.2, -0.15) is 0 Å². The van der Waals surface area contributed by atoms with E-state index in [9.17, 15) is 5.11 Å². The Morgan fingerprint density at radius 2 is 1.93 bits per heavy atom. The van der Waals surface area contributed by atoms with Crippen molar-refractivity contribution in [2.45, 2.75) is 51.2 Å². The van der Waals surface area contributed by atoms with Gasteiger partial charge in [-0.25, -0.2) is 0 Å². The summed E-state index contributed by atoms with van der Waals surface area (Å²) in [5.74, 6) is 2.80. The van der Waals surface area contributed by atoms with Crippen molar-refractivity contribution in [2.24, 2.45) is 17.3 Å². The number of rotatable bonds is 3. The molecule has 2 heteroatoms. The lowest BCUT2D eigenvalue weighted by atomic mass is 9.55. The van der Waals surface area contributed by atoms with Gasteiger partial charge in [-0.1, -0.05) is 55.5 Å². The molecular formula is C25H28O2. The maximum absolute atomic E-state index is 10.5. The van der Waals surface area contributed by atoms with Crippen LogP contribution in [0, 0.1) is 17.3 Å². The molecule has 2 nitrogen and oxygen atoms in total. The number of aliphatic hydroxyl groups excluding tert-OH is 1. The third kappa shape index (κ3) is 2.82. The van der Waals surface area contributed by atoms with Crippen molar-refractivity contribution in [3.63, 3.8) is 0 Å². The van der Waals surface area contributed by atoms with E-state index in [0.717, 1.165) is 18.6 Å². The highest BCUT2D eigenvalue weighted by Crippen LogP contribution is 2.58. The number of ether oxygens (including phenoxy) is 1. The zero-order valence-corrected chi connectivity index (χ0v) is 16.0. The minimum Gasteiger partial charge on any atom is -0.489 e. The van der Waals surface area contributed by atoms with Gasteiger partial charge in [0.2, 0.25) is 0 Å². The van der Waals surface area contributed by atoms with Crippen molar-refractivity contribution in [3.8, 4) is 5.75 Å².